The second-order valence-electron chi connectivity index (χ2n) is 5.27. The van der Waals surface area contributed by atoms with Crippen molar-refractivity contribution in [3.8, 4) is 0 Å². The second-order valence-corrected chi connectivity index (χ2v) is 6.11. The summed E-state index contributed by atoms with van der Waals surface area (Å²) >= 11 is 12.3. The number of benzene rings is 1. The van der Waals surface area contributed by atoms with Gasteiger partial charge in [0.15, 0.2) is 0 Å². The molecule has 4 heteroatoms. The van der Waals surface area contributed by atoms with Crippen molar-refractivity contribution in [1.29, 1.82) is 0 Å². The first-order valence-electron chi connectivity index (χ1n) is 7.14. The lowest BCUT2D eigenvalue weighted by Gasteiger charge is -2.22. The van der Waals surface area contributed by atoms with Gasteiger partial charge in [-0.15, -0.1) is 0 Å². The summed E-state index contributed by atoms with van der Waals surface area (Å²) in [6, 6.07) is 8.17. The van der Waals surface area contributed by atoms with Gasteiger partial charge >= 0.3 is 0 Å². The van der Waals surface area contributed by atoms with Gasteiger partial charge in [0.05, 0.1) is 21.8 Å². The number of nitrogens with zero attached hydrogens (tertiary/aromatic N) is 1. The van der Waals surface area contributed by atoms with Crippen LogP contribution in [0.2, 0.25) is 10.0 Å². The lowest BCUT2D eigenvalue weighted by atomic mass is 9.96. The van der Waals surface area contributed by atoms with E-state index in [1.807, 2.05) is 0 Å². The highest BCUT2D eigenvalue weighted by Crippen LogP contribution is 2.30. The Morgan fingerprint density at radius 2 is 1.95 bits per heavy atom. The SMILES string of the molecule is CCCNC(c1ccc(C)cc1C)c1ncc(Cl)cc1Cl. The minimum Gasteiger partial charge on any atom is -0.305 e. The molecule has 1 atom stereocenters. The number of aryl methyl sites for hydroxylation is 2. The Morgan fingerprint density at radius 1 is 1.19 bits per heavy atom. The van der Waals surface area contributed by atoms with E-state index in [0.29, 0.717) is 10.0 Å². The fraction of sp³-hybridized carbons (Fsp3) is 0.353. The summed E-state index contributed by atoms with van der Waals surface area (Å²) in [5.41, 5.74) is 4.50. The van der Waals surface area contributed by atoms with Crippen LogP contribution in [0.15, 0.2) is 30.5 Å². The van der Waals surface area contributed by atoms with E-state index in [9.17, 15) is 0 Å². The molecule has 0 radical (unpaired) electrons. The first-order valence-corrected chi connectivity index (χ1v) is 7.90. The largest absolute Gasteiger partial charge is 0.305 e. The third kappa shape index (κ3) is 3.97. The number of hydrogen-bond acceptors (Lipinski definition) is 2. The Hall–Kier alpha value is -1.09. The molecular weight excluding hydrogens is 303 g/mol. The first kappa shape index (κ1) is 16.3. The standard InChI is InChI=1S/C17H20Cl2N2/c1-4-7-20-16(14-6-5-11(2)8-12(14)3)17-15(19)9-13(18)10-21-17/h5-6,8-10,16,20H,4,7H2,1-3H3. The third-order valence-corrected chi connectivity index (χ3v) is 3.95. The molecule has 0 aliphatic heterocycles. The molecule has 0 spiro atoms. The number of nitrogens with one attached hydrogen (secondary N) is 1. The van der Waals surface area contributed by atoms with Crippen molar-refractivity contribution in [2.75, 3.05) is 6.54 Å². The van der Waals surface area contributed by atoms with E-state index in [4.69, 9.17) is 23.2 Å². The van der Waals surface area contributed by atoms with Gasteiger partial charge in [-0.25, -0.2) is 0 Å². The summed E-state index contributed by atoms with van der Waals surface area (Å²) in [6.07, 6.45) is 2.69. The minimum atomic E-state index is -0.0182. The number of pyridine rings is 1. The molecule has 0 aliphatic carbocycles. The summed E-state index contributed by atoms with van der Waals surface area (Å²) < 4.78 is 0. The number of halogens is 2. The Balaban J connectivity index is 2.46. The van der Waals surface area contributed by atoms with Gasteiger partial charge in [0.2, 0.25) is 0 Å². The molecule has 0 fully saturated rings. The molecule has 0 aliphatic rings. The van der Waals surface area contributed by atoms with E-state index in [0.717, 1.165) is 18.7 Å². The maximum absolute atomic E-state index is 6.35. The zero-order chi connectivity index (χ0) is 15.4. The fourth-order valence-electron chi connectivity index (χ4n) is 2.43. The Kier molecular flexibility index (Phi) is 5.63. The van der Waals surface area contributed by atoms with Gasteiger partial charge in [-0.2, -0.15) is 0 Å². The van der Waals surface area contributed by atoms with Gasteiger partial charge in [-0.3, -0.25) is 4.98 Å². The summed E-state index contributed by atoms with van der Waals surface area (Å²) in [6.45, 7) is 7.26. The van der Waals surface area contributed by atoms with Crippen LogP contribution in [0.1, 0.15) is 41.8 Å². The van der Waals surface area contributed by atoms with Crippen LogP contribution in [-0.2, 0) is 0 Å². The normalized spacial score (nSPS) is 12.4. The summed E-state index contributed by atoms with van der Waals surface area (Å²) in [5.74, 6) is 0. The predicted molar refractivity (Wildman–Crippen MR) is 90.3 cm³/mol. The van der Waals surface area contributed by atoms with E-state index in [1.54, 1.807) is 12.3 Å². The smallest absolute Gasteiger partial charge is 0.0805 e. The van der Waals surface area contributed by atoms with Crippen molar-refractivity contribution in [1.82, 2.24) is 10.3 Å². The van der Waals surface area contributed by atoms with Gasteiger partial charge in [0, 0.05) is 6.20 Å². The van der Waals surface area contributed by atoms with E-state index in [1.165, 1.54) is 16.7 Å². The molecule has 1 N–H and O–H groups in total. The quantitative estimate of drug-likeness (QED) is 0.828. The third-order valence-electron chi connectivity index (χ3n) is 3.44. The van der Waals surface area contributed by atoms with E-state index >= 15 is 0 Å². The van der Waals surface area contributed by atoms with Gasteiger partial charge in [0.1, 0.15) is 0 Å². The van der Waals surface area contributed by atoms with Crippen molar-refractivity contribution in [2.24, 2.45) is 0 Å². The van der Waals surface area contributed by atoms with Crippen LogP contribution in [0.4, 0.5) is 0 Å². The van der Waals surface area contributed by atoms with E-state index in [-0.39, 0.29) is 6.04 Å². The van der Waals surface area contributed by atoms with Crippen LogP contribution < -0.4 is 5.32 Å². The molecule has 112 valence electrons. The highest BCUT2D eigenvalue weighted by molar-refractivity contribution is 6.34. The molecule has 0 saturated heterocycles. The van der Waals surface area contributed by atoms with E-state index in [2.05, 4.69) is 49.3 Å². The van der Waals surface area contributed by atoms with Crippen molar-refractivity contribution >= 4 is 23.2 Å². The van der Waals surface area contributed by atoms with E-state index < -0.39 is 0 Å². The van der Waals surface area contributed by atoms with Gasteiger partial charge in [-0.1, -0.05) is 53.9 Å². The maximum Gasteiger partial charge on any atom is 0.0805 e. The topological polar surface area (TPSA) is 24.9 Å². The maximum atomic E-state index is 6.35. The van der Waals surface area contributed by atoms with Gasteiger partial charge in [-0.05, 0) is 44.0 Å². The zero-order valence-corrected chi connectivity index (χ0v) is 14.1. The van der Waals surface area contributed by atoms with Crippen LogP contribution in [0.5, 0.6) is 0 Å². The molecule has 1 heterocycles. The Bertz CT molecular complexity index is 575. The van der Waals surface area contributed by atoms with Crippen LogP contribution in [0.3, 0.4) is 0 Å². The Morgan fingerprint density at radius 3 is 2.57 bits per heavy atom. The fourth-order valence-corrected chi connectivity index (χ4v) is 2.92. The summed E-state index contributed by atoms with van der Waals surface area (Å²) in [7, 11) is 0. The molecule has 0 bridgehead atoms. The molecule has 2 nitrogen and oxygen atoms in total. The zero-order valence-electron chi connectivity index (χ0n) is 12.6. The van der Waals surface area contributed by atoms with Crippen LogP contribution in [0.25, 0.3) is 0 Å². The molecule has 0 amide bonds. The number of aromatic nitrogens is 1. The summed E-state index contributed by atoms with van der Waals surface area (Å²) in [4.78, 5) is 4.44. The van der Waals surface area contributed by atoms with Gasteiger partial charge < -0.3 is 5.32 Å². The lowest BCUT2D eigenvalue weighted by Crippen LogP contribution is -2.25. The highest BCUT2D eigenvalue weighted by atomic mass is 35.5. The Labute approximate surface area is 136 Å². The average molecular weight is 323 g/mol. The molecule has 2 aromatic rings. The summed E-state index contributed by atoms with van der Waals surface area (Å²) in [5, 5.41) is 4.68. The van der Waals surface area contributed by atoms with Crippen LogP contribution in [0, 0.1) is 13.8 Å². The molecule has 2 rings (SSSR count). The molecule has 1 unspecified atom stereocenters. The van der Waals surface area contributed by atoms with Crippen molar-refractivity contribution in [3.05, 3.63) is 62.9 Å². The van der Waals surface area contributed by atoms with Crippen molar-refractivity contribution in [2.45, 2.75) is 33.2 Å². The van der Waals surface area contributed by atoms with Crippen molar-refractivity contribution < 1.29 is 0 Å². The van der Waals surface area contributed by atoms with Gasteiger partial charge in [0.25, 0.3) is 0 Å². The monoisotopic (exact) mass is 322 g/mol. The second kappa shape index (κ2) is 7.26. The molecular formula is C17H20Cl2N2. The molecule has 21 heavy (non-hydrogen) atoms. The predicted octanol–water partition coefficient (Wildman–Crippen LogP) is 5.09. The number of hydrogen-bond donors (Lipinski definition) is 1. The minimum absolute atomic E-state index is 0.0182. The molecule has 1 aromatic heterocycles. The lowest BCUT2D eigenvalue weighted by molar-refractivity contribution is 0.584. The molecule has 1 aromatic carbocycles. The van der Waals surface area contributed by atoms with Crippen molar-refractivity contribution in [3.63, 3.8) is 0 Å². The van der Waals surface area contributed by atoms with Crippen LogP contribution >= 0.6 is 23.2 Å². The number of rotatable bonds is 5. The average Bonchev–Trinajstić information content (AvgIpc) is 2.42. The highest BCUT2D eigenvalue weighted by Gasteiger charge is 2.20. The van der Waals surface area contributed by atoms with Crippen LogP contribution in [-0.4, -0.2) is 11.5 Å². The first-order chi connectivity index (χ1) is 10.0. The molecule has 0 saturated carbocycles.